The van der Waals surface area contributed by atoms with Gasteiger partial charge in [0.2, 0.25) is 0 Å². The van der Waals surface area contributed by atoms with Crippen molar-refractivity contribution < 1.29 is 9.90 Å². The second kappa shape index (κ2) is 14.0. The lowest BCUT2D eigenvalue weighted by molar-refractivity contribution is 0.0915. The maximum atomic E-state index is 12.6. The number of amides is 1. The molecule has 2 rings (SSSR count). The average Bonchev–Trinajstić information content (AvgIpc) is 2.80. The Morgan fingerprint density at radius 2 is 1.71 bits per heavy atom. The van der Waals surface area contributed by atoms with Crippen LogP contribution in [-0.4, -0.2) is 30.2 Å². The highest BCUT2D eigenvalue weighted by Gasteiger charge is 2.12. The van der Waals surface area contributed by atoms with Gasteiger partial charge in [0.25, 0.3) is 5.91 Å². The Morgan fingerprint density at radius 1 is 0.968 bits per heavy atom. The van der Waals surface area contributed by atoms with E-state index in [2.05, 4.69) is 61.7 Å². The molecule has 31 heavy (non-hydrogen) atoms. The van der Waals surface area contributed by atoms with Crippen LogP contribution in [0.25, 0.3) is 0 Å². The van der Waals surface area contributed by atoms with Crippen molar-refractivity contribution in [2.75, 3.05) is 13.1 Å². The highest BCUT2D eigenvalue weighted by atomic mass is 16.3. The highest BCUT2D eigenvalue weighted by Crippen LogP contribution is 2.19. The number of rotatable bonds is 14. The third-order valence-electron chi connectivity index (χ3n) is 5.86. The van der Waals surface area contributed by atoms with Crippen LogP contribution in [0, 0.1) is 5.92 Å². The molecule has 2 atom stereocenters. The lowest BCUT2D eigenvalue weighted by atomic mass is 9.91. The summed E-state index contributed by atoms with van der Waals surface area (Å²) >= 11 is 0. The fraction of sp³-hybridized carbons (Fsp3) is 0.519. The zero-order valence-electron chi connectivity index (χ0n) is 19.5. The maximum absolute atomic E-state index is 12.6. The molecule has 0 bridgehead atoms. The minimum absolute atomic E-state index is 0.127. The molecule has 0 saturated heterocycles. The third kappa shape index (κ3) is 9.24. The maximum Gasteiger partial charge on any atom is 0.251 e. The average molecular weight is 425 g/mol. The molecule has 4 nitrogen and oxygen atoms in total. The molecule has 0 spiro atoms. The monoisotopic (exact) mass is 424 g/mol. The Bertz CT molecular complexity index is 790. The summed E-state index contributed by atoms with van der Waals surface area (Å²) in [7, 11) is 0. The van der Waals surface area contributed by atoms with E-state index < -0.39 is 6.10 Å². The smallest absolute Gasteiger partial charge is 0.251 e. The summed E-state index contributed by atoms with van der Waals surface area (Å²) in [4.78, 5) is 12.6. The van der Waals surface area contributed by atoms with Gasteiger partial charge in [-0.25, -0.2) is 0 Å². The number of carbonyl (C=O) groups excluding carboxylic acids is 1. The van der Waals surface area contributed by atoms with E-state index in [9.17, 15) is 9.90 Å². The fourth-order valence-electron chi connectivity index (χ4n) is 3.84. The minimum Gasteiger partial charge on any atom is -0.390 e. The SMILES string of the molecule is CCCCC(CC)Cc1cccc(C(=O)NC[C@H](O)CNCc2cccc(CC)c2)c1. The van der Waals surface area contributed by atoms with Gasteiger partial charge >= 0.3 is 0 Å². The number of nitrogens with one attached hydrogen (secondary N) is 2. The second-order valence-corrected chi connectivity index (χ2v) is 8.49. The van der Waals surface area contributed by atoms with Crippen LogP contribution >= 0.6 is 0 Å². The van der Waals surface area contributed by atoms with Crippen LogP contribution in [0.4, 0.5) is 0 Å². The Morgan fingerprint density at radius 3 is 2.45 bits per heavy atom. The normalized spacial score (nSPS) is 13.0. The molecule has 1 unspecified atom stereocenters. The van der Waals surface area contributed by atoms with E-state index in [0.717, 1.165) is 12.8 Å². The predicted octanol–water partition coefficient (Wildman–Crippen LogP) is 4.89. The Balaban J connectivity index is 1.76. The van der Waals surface area contributed by atoms with Gasteiger partial charge in [-0.15, -0.1) is 0 Å². The molecule has 3 N–H and O–H groups in total. The summed E-state index contributed by atoms with van der Waals surface area (Å²) in [5, 5.41) is 16.4. The molecule has 0 aliphatic heterocycles. The van der Waals surface area contributed by atoms with E-state index in [1.54, 1.807) is 0 Å². The lowest BCUT2D eigenvalue weighted by Crippen LogP contribution is -2.38. The number of benzene rings is 2. The zero-order chi connectivity index (χ0) is 22.5. The number of unbranched alkanes of at least 4 members (excludes halogenated alkanes) is 1. The van der Waals surface area contributed by atoms with E-state index in [4.69, 9.17) is 0 Å². The van der Waals surface area contributed by atoms with Crippen molar-refractivity contribution in [3.8, 4) is 0 Å². The van der Waals surface area contributed by atoms with Gasteiger partial charge in [-0.1, -0.05) is 82.9 Å². The first-order valence-electron chi connectivity index (χ1n) is 11.9. The number of hydrogen-bond acceptors (Lipinski definition) is 3. The van der Waals surface area contributed by atoms with E-state index in [1.807, 2.05) is 18.2 Å². The Hall–Kier alpha value is -2.17. The van der Waals surface area contributed by atoms with Gasteiger partial charge in [0.15, 0.2) is 0 Å². The first-order valence-corrected chi connectivity index (χ1v) is 11.9. The van der Waals surface area contributed by atoms with Crippen LogP contribution in [0.15, 0.2) is 48.5 Å². The largest absolute Gasteiger partial charge is 0.390 e. The number of aliphatic hydroxyl groups is 1. The Kier molecular flexibility index (Phi) is 11.3. The van der Waals surface area contributed by atoms with Crippen molar-refractivity contribution in [2.24, 2.45) is 5.92 Å². The molecule has 4 heteroatoms. The quantitative estimate of drug-likeness (QED) is 0.405. The van der Waals surface area contributed by atoms with Gasteiger partial charge in [0.1, 0.15) is 0 Å². The van der Waals surface area contributed by atoms with E-state index >= 15 is 0 Å². The van der Waals surface area contributed by atoms with E-state index in [1.165, 1.54) is 42.4 Å². The molecular weight excluding hydrogens is 384 g/mol. The molecule has 1 amide bonds. The first-order chi connectivity index (χ1) is 15.0. The Labute approximate surface area is 188 Å². The van der Waals surface area contributed by atoms with Gasteiger partial charge in [-0.3, -0.25) is 4.79 Å². The van der Waals surface area contributed by atoms with Gasteiger partial charge in [0.05, 0.1) is 6.10 Å². The standard InChI is InChI=1S/C27H40N2O2/c1-4-7-10-21(5-2)15-23-12-9-14-25(17-23)27(31)29-20-26(30)19-28-18-24-13-8-11-22(6-3)16-24/h8-9,11-14,16-17,21,26,28,30H,4-7,10,15,18-20H2,1-3H3,(H,29,31)/t21?,26-/m1/s1. The molecule has 0 fully saturated rings. The summed E-state index contributed by atoms with van der Waals surface area (Å²) in [6.07, 6.45) is 6.30. The van der Waals surface area contributed by atoms with E-state index in [0.29, 0.717) is 24.6 Å². The third-order valence-corrected chi connectivity index (χ3v) is 5.86. The van der Waals surface area contributed by atoms with Crippen LogP contribution in [0.2, 0.25) is 0 Å². The molecule has 2 aromatic carbocycles. The predicted molar refractivity (Wildman–Crippen MR) is 129 cm³/mol. The van der Waals surface area contributed by atoms with Crippen LogP contribution in [0.1, 0.15) is 73.5 Å². The van der Waals surface area contributed by atoms with Crippen molar-refractivity contribution in [3.63, 3.8) is 0 Å². The molecule has 0 heterocycles. The molecule has 0 radical (unpaired) electrons. The molecule has 0 aliphatic rings. The zero-order valence-corrected chi connectivity index (χ0v) is 19.5. The van der Waals surface area contributed by atoms with Crippen LogP contribution < -0.4 is 10.6 Å². The van der Waals surface area contributed by atoms with Crippen molar-refractivity contribution in [1.82, 2.24) is 10.6 Å². The molecular formula is C27H40N2O2. The van der Waals surface area contributed by atoms with Crippen LogP contribution in [-0.2, 0) is 19.4 Å². The van der Waals surface area contributed by atoms with Gasteiger partial charge in [-0.05, 0) is 47.6 Å². The topological polar surface area (TPSA) is 61.4 Å². The lowest BCUT2D eigenvalue weighted by Gasteiger charge is -2.16. The molecule has 0 aliphatic carbocycles. The summed E-state index contributed by atoms with van der Waals surface area (Å²) < 4.78 is 0. The summed E-state index contributed by atoms with van der Waals surface area (Å²) in [5.74, 6) is 0.544. The van der Waals surface area contributed by atoms with Crippen LogP contribution in [0.5, 0.6) is 0 Å². The second-order valence-electron chi connectivity index (χ2n) is 8.49. The van der Waals surface area contributed by atoms with Crippen LogP contribution in [0.3, 0.4) is 0 Å². The number of aliphatic hydroxyl groups excluding tert-OH is 1. The van der Waals surface area contributed by atoms with Gasteiger partial charge in [-0.2, -0.15) is 0 Å². The van der Waals surface area contributed by atoms with Crippen molar-refractivity contribution >= 4 is 5.91 Å². The highest BCUT2D eigenvalue weighted by molar-refractivity contribution is 5.94. The first kappa shape index (κ1) is 25.1. The summed E-state index contributed by atoms with van der Waals surface area (Å²) in [6, 6.07) is 16.4. The minimum atomic E-state index is -0.625. The van der Waals surface area contributed by atoms with E-state index in [-0.39, 0.29) is 12.5 Å². The molecule has 170 valence electrons. The number of hydrogen-bond donors (Lipinski definition) is 3. The number of aryl methyl sites for hydroxylation is 1. The summed E-state index contributed by atoms with van der Waals surface area (Å²) in [6.45, 7) is 7.99. The van der Waals surface area contributed by atoms with Gasteiger partial charge < -0.3 is 15.7 Å². The molecule has 2 aromatic rings. The molecule has 0 aromatic heterocycles. The van der Waals surface area contributed by atoms with Crippen molar-refractivity contribution in [2.45, 2.75) is 71.9 Å². The van der Waals surface area contributed by atoms with Crippen molar-refractivity contribution in [1.29, 1.82) is 0 Å². The summed E-state index contributed by atoms with van der Waals surface area (Å²) in [5.41, 5.74) is 4.40. The van der Waals surface area contributed by atoms with Gasteiger partial charge in [0, 0.05) is 25.2 Å². The molecule has 0 saturated carbocycles. The fourth-order valence-corrected chi connectivity index (χ4v) is 3.84. The number of carbonyl (C=O) groups is 1. The van der Waals surface area contributed by atoms with Crippen molar-refractivity contribution in [3.05, 3.63) is 70.8 Å².